The van der Waals surface area contributed by atoms with Gasteiger partial charge in [-0.3, -0.25) is 9.78 Å². The smallest absolute Gasteiger partial charge is 0.326 e. The Morgan fingerprint density at radius 3 is 2.68 bits per heavy atom. The van der Waals surface area contributed by atoms with Gasteiger partial charge in [0.15, 0.2) is 0 Å². The van der Waals surface area contributed by atoms with Gasteiger partial charge in [-0.25, -0.2) is 9.59 Å². The molecular formula is C11H14N4O4. The van der Waals surface area contributed by atoms with Crippen LogP contribution >= 0.6 is 0 Å². The maximum Gasteiger partial charge on any atom is 0.326 e. The van der Waals surface area contributed by atoms with E-state index in [0.29, 0.717) is 0 Å². The Morgan fingerprint density at radius 2 is 2.16 bits per heavy atom. The molecule has 3 amide bonds. The number of primary amides is 1. The van der Waals surface area contributed by atoms with E-state index < -0.39 is 30.4 Å². The molecule has 1 atom stereocenters. The van der Waals surface area contributed by atoms with Crippen LogP contribution in [0.4, 0.5) is 4.79 Å². The van der Waals surface area contributed by atoms with E-state index in [0.717, 1.165) is 5.56 Å². The molecule has 0 spiro atoms. The lowest BCUT2D eigenvalue weighted by Gasteiger charge is -2.13. The maximum absolute atomic E-state index is 11.5. The van der Waals surface area contributed by atoms with Gasteiger partial charge in [0.05, 0.1) is 6.42 Å². The van der Waals surface area contributed by atoms with Crippen molar-refractivity contribution in [3.8, 4) is 0 Å². The molecule has 1 aromatic rings. The van der Waals surface area contributed by atoms with Crippen molar-refractivity contribution >= 4 is 17.9 Å². The summed E-state index contributed by atoms with van der Waals surface area (Å²) in [4.78, 5) is 36.8. The van der Waals surface area contributed by atoms with E-state index >= 15 is 0 Å². The molecule has 1 heterocycles. The zero-order valence-electron chi connectivity index (χ0n) is 10.00. The van der Waals surface area contributed by atoms with Gasteiger partial charge in [-0.15, -0.1) is 0 Å². The van der Waals surface area contributed by atoms with Crippen LogP contribution in [0.15, 0.2) is 24.5 Å². The SMILES string of the molecule is NC(=O)C[C@H](NC(=O)NCc1cccnc1)C(=O)O. The van der Waals surface area contributed by atoms with Crippen LogP contribution in [-0.4, -0.2) is 34.0 Å². The second kappa shape index (κ2) is 6.94. The number of nitrogens with zero attached hydrogens (tertiary/aromatic N) is 1. The number of carboxylic acid groups (broad SMARTS) is 1. The summed E-state index contributed by atoms with van der Waals surface area (Å²) < 4.78 is 0. The summed E-state index contributed by atoms with van der Waals surface area (Å²) >= 11 is 0. The number of carbonyl (C=O) groups excluding carboxylic acids is 2. The van der Waals surface area contributed by atoms with Crippen LogP contribution in [0.5, 0.6) is 0 Å². The van der Waals surface area contributed by atoms with E-state index in [1.807, 2.05) is 0 Å². The Morgan fingerprint density at radius 1 is 1.42 bits per heavy atom. The fourth-order valence-corrected chi connectivity index (χ4v) is 1.30. The third kappa shape index (κ3) is 5.48. The highest BCUT2D eigenvalue weighted by Gasteiger charge is 2.21. The lowest BCUT2D eigenvalue weighted by Crippen LogP contribution is -2.47. The predicted molar refractivity (Wildman–Crippen MR) is 64.8 cm³/mol. The van der Waals surface area contributed by atoms with Gasteiger partial charge < -0.3 is 21.5 Å². The molecule has 0 aromatic carbocycles. The number of aromatic nitrogens is 1. The first-order valence-corrected chi connectivity index (χ1v) is 5.43. The van der Waals surface area contributed by atoms with Crippen molar-refractivity contribution in [1.82, 2.24) is 15.6 Å². The molecule has 19 heavy (non-hydrogen) atoms. The van der Waals surface area contributed by atoms with Gasteiger partial charge in [0.1, 0.15) is 6.04 Å². The molecule has 1 rings (SSSR count). The molecule has 0 bridgehead atoms. The number of amides is 3. The van der Waals surface area contributed by atoms with Gasteiger partial charge in [0, 0.05) is 18.9 Å². The minimum atomic E-state index is -1.34. The minimum Gasteiger partial charge on any atom is -0.480 e. The monoisotopic (exact) mass is 266 g/mol. The summed E-state index contributed by atoms with van der Waals surface area (Å²) in [5.74, 6) is -2.13. The summed E-state index contributed by atoms with van der Waals surface area (Å²) in [5, 5.41) is 13.4. The number of hydrogen-bond donors (Lipinski definition) is 4. The van der Waals surface area contributed by atoms with Crippen LogP contribution in [-0.2, 0) is 16.1 Å². The summed E-state index contributed by atoms with van der Waals surface area (Å²) in [6.45, 7) is 0.197. The van der Waals surface area contributed by atoms with Crippen molar-refractivity contribution in [3.63, 3.8) is 0 Å². The molecule has 102 valence electrons. The number of nitrogens with one attached hydrogen (secondary N) is 2. The number of hydrogen-bond acceptors (Lipinski definition) is 4. The summed E-state index contributed by atoms with van der Waals surface area (Å²) in [6.07, 6.45) is 2.70. The molecule has 0 radical (unpaired) electrons. The van der Waals surface area contributed by atoms with Gasteiger partial charge in [0.25, 0.3) is 0 Å². The van der Waals surface area contributed by atoms with Crippen molar-refractivity contribution in [2.24, 2.45) is 5.73 Å². The second-order valence-electron chi connectivity index (χ2n) is 3.75. The van der Waals surface area contributed by atoms with Crippen molar-refractivity contribution in [3.05, 3.63) is 30.1 Å². The van der Waals surface area contributed by atoms with Gasteiger partial charge in [-0.2, -0.15) is 0 Å². The van der Waals surface area contributed by atoms with Crippen LogP contribution in [0.25, 0.3) is 0 Å². The van der Waals surface area contributed by atoms with E-state index in [9.17, 15) is 14.4 Å². The van der Waals surface area contributed by atoms with Gasteiger partial charge >= 0.3 is 12.0 Å². The van der Waals surface area contributed by atoms with Gasteiger partial charge in [0.2, 0.25) is 5.91 Å². The fraction of sp³-hybridized carbons (Fsp3) is 0.273. The molecule has 8 nitrogen and oxygen atoms in total. The summed E-state index contributed by atoms with van der Waals surface area (Å²) in [6, 6.07) is 1.43. The molecule has 0 aliphatic heterocycles. The maximum atomic E-state index is 11.5. The predicted octanol–water partition coefficient (Wildman–Crippen LogP) is -0.791. The fourth-order valence-electron chi connectivity index (χ4n) is 1.30. The van der Waals surface area contributed by atoms with Crippen molar-refractivity contribution < 1.29 is 19.5 Å². The van der Waals surface area contributed by atoms with E-state index in [1.54, 1.807) is 24.5 Å². The van der Waals surface area contributed by atoms with Crippen LogP contribution < -0.4 is 16.4 Å². The topological polar surface area (TPSA) is 134 Å². The Kier molecular flexibility index (Phi) is 5.27. The first-order valence-electron chi connectivity index (χ1n) is 5.43. The van der Waals surface area contributed by atoms with E-state index in [4.69, 9.17) is 10.8 Å². The Labute approximate surface area is 109 Å². The molecule has 1 aromatic heterocycles. The molecule has 8 heteroatoms. The Hall–Kier alpha value is -2.64. The molecule has 5 N–H and O–H groups in total. The molecule has 0 saturated heterocycles. The standard InChI is InChI=1S/C11H14N4O4/c12-9(16)4-8(10(17)18)15-11(19)14-6-7-2-1-3-13-5-7/h1-3,5,8H,4,6H2,(H2,12,16)(H,17,18)(H2,14,15,19)/t8-/m0/s1. The summed E-state index contributed by atoms with van der Waals surface area (Å²) in [7, 11) is 0. The zero-order valence-corrected chi connectivity index (χ0v) is 10.00. The van der Waals surface area contributed by atoms with Gasteiger partial charge in [-0.05, 0) is 11.6 Å². The summed E-state index contributed by atoms with van der Waals surface area (Å²) in [5.41, 5.74) is 5.65. The minimum absolute atomic E-state index is 0.197. The highest BCUT2D eigenvalue weighted by atomic mass is 16.4. The van der Waals surface area contributed by atoms with Crippen molar-refractivity contribution in [2.45, 2.75) is 19.0 Å². The molecule has 0 unspecified atom stereocenters. The third-order valence-electron chi connectivity index (χ3n) is 2.18. The normalized spacial score (nSPS) is 11.4. The molecule has 0 aliphatic rings. The molecule has 0 aliphatic carbocycles. The largest absolute Gasteiger partial charge is 0.480 e. The van der Waals surface area contributed by atoms with E-state index in [2.05, 4.69) is 15.6 Å². The van der Waals surface area contributed by atoms with Crippen LogP contribution in [0.3, 0.4) is 0 Å². The zero-order chi connectivity index (χ0) is 14.3. The lowest BCUT2D eigenvalue weighted by atomic mass is 10.2. The molecular weight excluding hydrogens is 252 g/mol. The van der Waals surface area contributed by atoms with E-state index in [1.165, 1.54) is 0 Å². The van der Waals surface area contributed by atoms with Crippen molar-refractivity contribution in [1.29, 1.82) is 0 Å². The highest BCUT2D eigenvalue weighted by Crippen LogP contribution is 1.95. The Bertz CT molecular complexity index is 463. The van der Waals surface area contributed by atoms with Crippen LogP contribution in [0.2, 0.25) is 0 Å². The van der Waals surface area contributed by atoms with Crippen molar-refractivity contribution in [2.75, 3.05) is 0 Å². The lowest BCUT2D eigenvalue weighted by molar-refractivity contribution is -0.140. The third-order valence-corrected chi connectivity index (χ3v) is 2.18. The number of nitrogens with two attached hydrogens (primary N) is 1. The number of urea groups is 1. The number of carboxylic acids is 1. The first kappa shape index (κ1) is 14.4. The average molecular weight is 266 g/mol. The van der Waals surface area contributed by atoms with E-state index in [-0.39, 0.29) is 6.54 Å². The first-order chi connectivity index (χ1) is 8.99. The highest BCUT2D eigenvalue weighted by molar-refractivity contribution is 5.87. The number of aliphatic carboxylic acids is 1. The number of rotatable bonds is 6. The second-order valence-corrected chi connectivity index (χ2v) is 3.75. The quantitative estimate of drug-likeness (QED) is 0.535. The van der Waals surface area contributed by atoms with Crippen LogP contribution in [0.1, 0.15) is 12.0 Å². The number of pyridine rings is 1. The molecule has 0 fully saturated rings. The Balaban J connectivity index is 2.45. The van der Waals surface area contributed by atoms with Gasteiger partial charge in [-0.1, -0.05) is 6.07 Å². The number of carbonyl (C=O) groups is 3. The molecule has 0 saturated carbocycles. The average Bonchev–Trinajstić information content (AvgIpc) is 2.36. The van der Waals surface area contributed by atoms with Crippen LogP contribution in [0, 0.1) is 0 Å².